The molecule has 0 aliphatic carbocycles. The molecule has 3 aromatic rings. The van der Waals surface area contributed by atoms with Crippen molar-refractivity contribution in [2.45, 2.75) is 44.7 Å². The Hall–Kier alpha value is -3.74. The van der Waals surface area contributed by atoms with Crippen LogP contribution in [0.1, 0.15) is 31.9 Å². The maximum absolute atomic E-state index is 12.6. The van der Waals surface area contributed by atoms with Gasteiger partial charge < -0.3 is 18.9 Å². The minimum atomic E-state index is -4.74. The number of fused-ring (bicyclic) bond motifs is 1. The SMILES string of the molecule is CCC1CC(Oc2ccc(OC(F)(F)F)cc2)CCN1c1cc(=O)n(C)c2ccc(C#N)nc12. The molecule has 3 heterocycles. The van der Waals surface area contributed by atoms with Gasteiger partial charge in [0.05, 0.1) is 11.2 Å². The molecule has 1 saturated heterocycles. The van der Waals surface area contributed by atoms with Gasteiger partial charge in [-0.05, 0) is 42.8 Å². The van der Waals surface area contributed by atoms with Crippen molar-refractivity contribution in [2.24, 2.45) is 7.05 Å². The van der Waals surface area contributed by atoms with E-state index in [1.165, 1.54) is 28.8 Å². The van der Waals surface area contributed by atoms with Crippen LogP contribution in [0.5, 0.6) is 11.5 Å². The minimum absolute atomic E-state index is 0.0504. The Kier molecular flexibility index (Phi) is 6.37. The molecule has 0 saturated carbocycles. The number of halogens is 3. The second-order valence-corrected chi connectivity index (χ2v) is 8.14. The summed E-state index contributed by atoms with van der Waals surface area (Å²) in [5, 5.41) is 9.29. The smallest absolute Gasteiger partial charge is 0.490 e. The van der Waals surface area contributed by atoms with Gasteiger partial charge in [0, 0.05) is 38.5 Å². The highest BCUT2D eigenvalue weighted by atomic mass is 19.4. The second kappa shape index (κ2) is 9.25. The van der Waals surface area contributed by atoms with Crippen LogP contribution in [0.3, 0.4) is 0 Å². The molecule has 0 spiro atoms. The fourth-order valence-corrected chi connectivity index (χ4v) is 4.33. The molecule has 0 amide bonds. The van der Waals surface area contributed by atoms with Crippen LogP contribution in [0.15, 0.2) is 47.3 Å². The zero-order valence-corrected chi connectivity index (χ0v) is 18.7. The predicted molar refractivity (Wildman–Crippen MR) is 120 cm³/mol. The molecule has 0 bridgehead atoms. The highest BCUT2D eigenvalue weighted by Gasteiger charge is 2.32. The summed E-state index contributed by atoms with van der Waals surface area (Å²) in [5.74, 6) is 0.157. The predicted octanol–water partition coefficient (Wildman–Crippen LogP) is 4.53. The van der Waals surface area contributed by atoms with E-state index in [4.69, 9.17) is 4.74 Å². The number of piperidine rings is 1. The number of benzene rings is 1. The van der Waals surface area contributed by atoms with Crippen LogP contribution in [-0.2, 0) is 7.05 Å². The van der Waals surface area contributed by atoms with Gasteiger partial charge >= 0.3 is 6.36 Å². The number of aromatic nitrogens is 2. The lowest BCUT2D eigenvalue weighted by Gasteiger charge is -2.41. The first-order valence-electron chi connectivity index (χ1n) is 10.9. The van der Waals surface area contributed by atoms with Gasteiger partial charge in [0.1, 0.15) is 34.9 Å². The Morgan fingerprint density at radius 2 is 1.88 bits per heavy atom. The average molecular weight is 472 g/mol. The Bertz CT molecular complexity index is 1280. The van der Waals surface area contributed by atoms with Crippen molar-refractivity contribution < 1.29 is 22.6 Å². The summed E-state index contributed by atoms with van der Waals surface area (Å²) >= 11 is 0. The first-order chi connectivity index (χ1) is 16.2. The van der Waals surface area contributed by atoms with Crippen molar-refractivity contribution in [2.75, 3.05) is 11.4 Å². The van der Waals surface area contributed by atoms with E-state index in [2.05, 4.69) is 20.7 Å². The van der Waals surface area contributed by atoms with Crippen molar-refractivity contribution in [1.29, 1.82) is 5.26 Å². The van der Waals surface area contributed by atoms with Crippen LogP contribution in [-0.4, -0.2) is 34.6 Å². The van der Waals surface area contributed by atoms with Gasteiger partial charge in [-0.3, -0.25) is 4.79 Å². The van der Waals surface area contributed by atoms with E-state index in [0.29, 0.717) is 41.9 Å². The molecule has 10 heteroatoms. The number of anilines is 1. The molecule has 4 rings (SSSR count). The maximum Gasteiger partial charge on any atom is 0.573 e. The number of rotatable bonds is 5. The molecular weight excluding hydrogens is 449 g/mol. The topological polar surface area (TPSA) is 80.4 Å². The average Bonchev–Trinajstić information content (AvgIpc) is 2.81. The monoisotopic (exact) mass is 472 g/mol. The fraction of sp³-hybridized carbons (Fsp3) is 0.375. The van der Waals surface area contributed by atoms with E-state index >= 15 is 0 Å². The van der Waals surface area contributed by atoms with E-state index in [-0.39, 0.29) is 29.1 Å². The van der Waals surface area contributed by atoms with Crippen LogP contribution in [0.25, 0.3) is 11.0 Å². The lowest BCUT2D eigenvalue weighted by Crippen LogP contribution is -2.46. The molecule has 2 unspecified atom stereocenters. The maximum atomic E-state index is 12.6. The molecule has 1 aliphatic heterocycles. The largest absolute Gasteiger partial charge is 0.573 e. The van der Waals surface area contributed by atoms with Gasteiger partial charge in [-0.15, -0.1) is 13.2 Å². The van der Waals surface area contributed by atoms with Crippen LogP contribution in [0.4, 0.5) is 18.9 Å². The molecule has 0 N–H and O–H groups in total. The third-order valence-electron chi connectivity index (χ3n) is 5.99. The molecule has 1 fully saturated rings. The molecule has 2 atom stereocenters. The molecule has 1 aromatic carbocycles. The number of pyridine rings is 2. The third-order valence-corrected chi connectivity index (χ3v) is 5.99. The van der Waals surface area contributed by atoms with E-state index in [1.54, 1.807) is 25.2 Å². The van der Waals surface area contributed by atoms with E-state index in [1.807, 2.05) is 6.92 Å². The van der Waals surface area contributed by atoms with Crippen molar-refractivity contribution in [3.63, 3.8) is 0 Å². The lowest BCUT2D eigenvalue weighted by molar-refractivity contribution is -0.274. The normalized spacial score (nSPS) is 18.5. The summed E-state index contributed by atoms with van der Waals surface area (Å²) in [4.78, 5) is 19.2. The summed E-state index contributed by atoms with van der Waals surface area (Å²) in [7, 11) is 1.67. The summed E-state index contributed by atoms with van der Waals surface area (Å²) < 4.78 is 48.5. The summed E-state index contributed by atoms with van der Waals surface area (Å²) in [6, 6.07) is 12.3. The molecule has 1 aliphatic rings. The number of ether oxygens (including phenoxy) is 2. The molecular formula is C24H23F3N4O3. The number of aryl methyl sites for hydroxylation is 1. The summed E-state index contributed by atoms with van der Waals surface area (Å²) in [5.41, 5.74) is 2.05. The number of alkyl halides is 3. The molecule has 0 radical (unpaired) electrons. The number of hydrogen-bond donors (Lipinski definition) is 0. The van der Waals surface area contributed by atoms with Crippen molar-refractivity contribution in [3.8, 4) is 17.6 Å². The minimum Gasteiger partial charge on any atom is -0.490 e. The zero-order valence-electron chi connectivity index (χ0n) is 18.7. The standard InChI is InChI=1S/C24H23F3N4O3/c1-3-16-12-19(33-17-5-7-18(8-6-17)34-24(25,26)27)10-11-31(16)21-13-22(32)30(2)20-9-4-15(14-28)29-23(20)21/h4-9,13,16,19H,3,10-12H2,1-2H3. The Labute approximate surface area is 194 Å². The van der Waals surface area contributed by atoms with Gasteiger partial charge in [-0.2, -0.15) is 5.26 Å². The Balaban J connectivity index is 1.55. The summed E-state index contributed by atoms with van der Waals surface area (Å²) in [6.45, 7) is 2.64. The van der Waals surface area contributed by atoms with Crippen LogP contribution < -0.4 is 19.9 Å². The van der Waals surface area contributed by atoms with Gasteiger partial charge in [0.25, 0.3) is 5.56 Å². The number of nitriles is 1. The van der Waals surface area contributed by atoms with Crippen LogP contribution in [0, 0.1) is 11.3 Å². The quantitative estimate of drug-likeness (QED) is 0.543. The fourth-order valence-electron chi connectivity index (χ4n) is 4.33. The van der Waals surface area contributed by atoms with E-state index < -0.39 is 6.36 Å². The lowest BCUT2D eigenvalue weighted by atomic mass is 9.96. The Morgan fingerprint density at radius 1 is 1.18 bits per heavy atom. The van der Waals surface area contributed by atoms with Crippen LogP contribution in [0.2, 0.25) is 0 Å². The first kappa shape index (κ1) is 23.4. The zero-order chi connectivity index (χ0) is 24.5. The van der Waals surface area contributed by atoms with Gasteiger partial charge in [-0.25, -0.2) is 4.98 Å². The van der Waals surface area contributed by atoms with Gasteiger partial charge in [-0.1, -0.05) is 6.92 Å². The Morgan fingerprint density at radius 3 is 2.53 bits per heavy atom. The number of nitrogens with zero attached hydrogens (tertiary/aromatic N) is 4. The van der Waals surface area contributed by atoms with E-state index in [0.717, 1.165) is 6.42 Å². The van der Waals surface area contributed by atoms with Gasteiger partial charge in [0.15, 0.2) is 0 Å². The van der Waals surface area contributed by atoms with Crippen LogP contribution >= 0.6 is 0 Å². The molecule has 7 nitrogen and oxygen atoms in total. The molecule has 2 aromatic heterocycles. The third kappa shape index (κ3) is 4.93. The molecule has 34 heavy (non-hydrogen) atoms. The first-order valence-corrected chi connectivity index (χ1v) is 10.9. The van der Waals surface area contributed by atoms with Crippen molar-refractivity contribution in [3.05, 3.63) is 58.5 Å². The number of hydrogen-bond acceptors (Lipinski definition) is 6. The summed E-state index contributed by atoms with van der Waals surface area (Å²) in [6.07, 6.45) is -2.80. The van der Waals surface area contributed by atoms with E-state index in [9.17, 15) is 23.2 Å². The van der Waals surface area contributed by atoms with Gasteiger partial charge in [0.2, 0.25) is 0 Å². The highest BCUT2D eigenvalue weighted by Crippen LogP contribution is 2.33. The highest BCUT2D eigenvalue weighted by molar-refractivity contribution is 5.88. The van der Waals surface area contributed by atoms with Crippen molar-refractivity contribution in [1.82, 2.24) is 9.55 Å². The molecule has 178 valence electrons. The van der Waals surface area contributed by atoms with Crippen molar-refractivity contribution >= 4 is 16.7 Å². The second-order valence-electron chi connectivity index (χ2n) is 8.14.